The van der Waals surface area contributed by atoms with Crippen LogP contribution in [0, 0.1) is 11.6 Å². The van der Waals surface area contributed by atoms with Crippen molar-refractivity contribution in [1.82, 2.24) is 10.2 Å². The molecule has 4 nitrogen and oxygen atoms in total. The van der Waals surface area contributed by atoms with E-state index < -0.39 is 11.6 Å². The highest BCUT2D eigenvalue weighted by atomic mass is 19.1. The molecule has 2 aromatic carbocycles. The second-order valence-electron chi connectivity index (χ2n) is 6.49. The molecule has 1 saturated heterocycles. The lowest BCUT2D eigenvalue weighted by Crippen LogP contribution is -2.48. The summed E-state index contributed by atoms with van der Waals surface area (Å²) in [6.45, 7) is 2.33. The second kappa shape index (κ2) is 8.76. The molecule has 1 N–H and O–H groups in total. The molecular weight excluding hydrogens is 338 g/mol. The Labute approximate surface area is 151 Å². The number of ether oxygens (including phenoxy) is 1. The van der Waals surface area contributed by atoms with Crippen molar-refractivity contribution in [2.45, 2.75) is 25.4 Å². The molecule has 0 saturated carbocycles. The first-order chi connectivity index (χ1) is 12.6. The minimum absolute atomic E-state index is 0.0432. The Balaban J connectivity index is 1.46. The lowest BCUT2D eigenvalue weighted by Gasteiger charge is -2.33. The first-order valence-electron chi connectivity index (χ1n) is 8.73. The molecule has 138 valence electrons. The van der Waals surface area contributed by atoms with Crippen molar-refractivity contribution in [2.75, 3.05) is 19.7 Å². The van der Waals surface area contributed by atoms with E-state index in [0.29, 0.717) is 0 Å². The average molecular weight is 360 g/mol. The minimum Gasteiger partial charge on any atom is -0.481 e. The van der Waals surface area contributed by atoms with Crippen molar-refractivity contribution in [1.29, 1.82) is 0 Å². The van der Waals surface area contributed by atoms with Gasteiger partial charge in [0.05, 0.1) is 0 Å². The summed E-state index contributed by atoms with van der Waals surface area (Å²) in [6, 6.07) is 13.3. The number of benzene rings is 2. The van der Waals surface area contributed by atoms with Gasteiger partial charge >= 0.3 is 0 Å². The van der Waals surface area contributed by atoms with Gasteiger partial charge in [0.15, 0.2) is 18.2 Å². The van der Waals surface area contributed by atoms with Crippen LogP contribution >= 0.6 is 0 Å². The van der Waals surface area contributed by atoms with Gasteiger partial charge in [-0.25, -0.2) is 8.78 Å². The Bertz CT molecular complexity index is 740. The summed E-state index contributed by atoms with van der Waals surface area (Å²) < 4.78 is 31.5. The Morgan fingerprint density at radius 2 is 2.00 bits per heavy atom. The lowest BCUT2D eigenvalue weighted by molar-refractivity contribution is -0.124. The fraction of sp³-hybridized carbons (Fsp3) is 0.350. The molecule has 1 aliphatic rings. The molecule has 0 radical (unpaired) electrons. The maximum absolute atomic E-state index is 13.5. The van der Waals surface area contributed by atoms with E-state index in [0.717, 1.165) is 44.6 Å². The maximum atomic E-state index is 13.5. The predicted molar refractivity (Wildman–Crippen MR) is 94.7 cm³/mol. The van der Waals surface area contributed by atoms with Crippen LogP contribution in [0.4, 0.5) is 8.78 Å². The molecule has 1 aliphatic heterocycles. The maximum Gasteiger partial charge on any atom is 0.258 e. The number of piperidine rings is 1. The molecule has 26 heavy (non-hydrogen) atoms. The third-order valence-electron chi connectivity index (χ3n) is 4.37. The van der Waals surface area contributed by atoms with Crippen LogP contribution in [-0.4, -0.2) is 36.5 Å². The van der Waals surface area contributed by atoms with Gasteiger partial charge in [-0.3, -0.25) is 9.69 Å². The van der Waals surface area contributed by atoms with Gasteiger partial charge in [0.1, 0.15) is 5.82 Å². The molecule has 0 aromatic heterocycles. The quantitative estimate of drug-likeness (QED) is 0.861. The number of likely N-dealkylation sites (tertiary alicyclic amines) is 1. The van der Waals surface area contributed by atoms with Crippen LogP contribution in [0.3, 0.4) is 0 Å². The number of halogens is 2. The molecule has 3 rings (SSSR count). The highest BCUT2D eigenvalue weighted by Gasteiger charge is 2.21. The summed E-state index contributed by atoms with van der Waals surface area (Å²) in [5.74, 6) is -1.93. The molecule has 1 heterocycles. The smallest absolute Gasteiger partial charge is 0.258 e. The van der Waals surface area contributed by atoms with Gasteiger partial charge in [-0.1, -0.05) is 30.3 Å². The Morgan fingerprint density at radius 3 is 2.77 bits per heavy atom. The van der Waals surface area contributed by atoms with Gasteiger partial charge in [0.2, 0.25) is 0 Å². The number of nitrogens with zero attached hydrogens (tertiary/aromatic N) is 1. The van der Waals surface area contributed by atoms with E-state index in [1.807, 2.05) is 18.2 Å². The predicted octanol–water partition coefficient (Wildman–Crippen LogP) is 3.12. The molecule has 0 bridgehead atoms. The summed E-state index contributed by atoms with van der Waals surface area (Å²) in [7, 11) is 0. The summed E-state index contributed by atoms with van der Waals surface area (Å²) in [5.41, 5.74) is 1.24. The van der Waals surface area contributed by atoms with Crippen LogP contribution in [0.25, 0.3) is 0 Å². The largest absolute Gasteiger partial charge is 0.481 e. The third-order valence-corrected chi connectivity index (χ3v) is 4.37. The lowest BCUT2D eigenvalue weighted by atomic mass is 10.0. The van der Waals surface area contributed by atoms with E-state index in [1.165, 1.54) is 11.6 Å². The topological polar surface area (TPSA) is 41.6 Å². The van der Waals surface area contributed by atoms with Crippen LogP contribution in [-0.2, 0) is 11.3 Å². The minimum atomic E-state index is -0.815. The standard InChI is InChI=1S/C20H22F2N2O2/c21-16-8-9-19(18(22)11-16)26-14-20(25)23-17-7-4-10-24(13-17)12-15-5-2-1-3-6-15/h1-3,5-6,8-9,11,17H,4,7,10,12-14H2,(H,23,25). The Morgan fingerprint density at radius 1 is 1.19 bits per heavy atom. The highest BCUT2D eigenvalue weighted by Crippen LogP contribution is 2.17. The summed E-state index contributed by atoms with van der Waals surface area (Å²) in [4.78, 5) is 14.4. The van der Waals surface area contributed by atoms with E-state index in [4.69, 9.17) is 4.74 Å². The molecular formula is C20H22F2N2O2. The first kappa shape index (κ1) is 18.3. The second-order valence-corrected chi connectivity index (χ2v) is 6.49. The first-order valence-corrected chi connectivity index (χ1v) is 8.73. The van der Waals surface area contributed by atoms with Crippen molar-refractivity contribution in [3.8, 4) is 5.75 Å². The fourth-order valence-electron chi connectivity index (χ4n) is 3.16. The molecule has 2 aromatic rings. The summed E-state index contributed by atoms with van der Waals surface area (Å²) in [6.07, 6.45) is 1.91. The number of carbonyl (C=O) groups is 1. The van der Waals surface area contributed by atoms with Gasteiger partial charge in [-0.2, -0.15) is 0 Å². The van der Waals surface area contributed by atoms with E-state index in [2.05, 4.69) is 22.3 Å². The number of hydrogen-bond acceptors (Lipinski definition) is 3. The monoisotopic (exact) mass is 360 g/mol. The third kappa shape index (κ3) is 5.26. The van der Waals surface area contributed by atoms with Gasteiger partial charge in [-0.05, 0) is 37.1 Å². The van der Waals surface area contributed by atoms with Crippen molar-refractivity contribution in [3.63, 3.8) is 0 Å². The van der Waals surface area contributed by atoms with Crippen LogP contribution in [0.1, 0.15) is 18.4 Å². The number of carbonyl (C=O) groups excluding carboxylic acids is 1. The SMILES string of the molecule is O=C(COc1ccc(F)cc1F)NC1CCCN(Cc2ccccc2)C1. The summed E-state index contributed by atoms with van der Waals surface area (Å²) >= 11 is 0. The molecule has 1 fully saturated rings. The van der Waals surface area contributed by atoms with Crippen molar-refractivity contribution < 1.29 is 18.3 Å². The number of hydrogen-bond donors (Lipinski definition) is 1. The van der Waals surface area contributed by atoms with E-state index in [-0.39, 0.29) is 24.3 Å². The van der Waals surface area contributed by atoms with Gasteiger partial charge in [0.25, 0.3) is 5.91 Å². The molecule has 6 heteroatoms. The van der Waals surface area contributed by atoms with Crippen LogP contribution in [0.5, 0.6) is 5.75 Å². The van der Waals surface area contributed by atoms with Crippen molar-refractivity contribution >= 4 is 5.91 Å². The Kier molecular flexibility index (Phi) is 6.17. The zero-order chi connectivity index (χ0) is 18.4. The molecule has 1 atom stereocenters. The number of rotatable bonds is 6. The van der Waals surface area contributed by atoms with Crippen LogP contribution in [0.2, 0.25) is 0 Å². The molecule has 0 spiro atoms. The van der Waals surface area contributed by atoms with Gasteiger partial charge in [0, 0.05) is 25.2 Å². The molecule has 1 amide bonds. The van der Waals surface area contributed by atoms with Crippen molar-refractivity contribution in [3.05, 3.63) is 65.7 Å². The average Bonchev–Trinajstić information content (AvgIpc) is 2.62. The van der Waals surface area contributed by atoms with E-state index in [9.17, 15) is 13.6 Å². The molecule has 0 aliphatic carbocycles. The van der Waals surface area contributed by atoms with E-state index in [1.54, 1.807) is 0 Å². The highest BCUT2D eigenvalue weighted by molar-refractivity contribution is 5.77. The summed E-state index contributed by atoms with van der Waals surface area (Å²) in [5, 5.41) is 2.93. The zero-order valence-corrected chi connectivity index (χ0v) is 14.5. The van der Waals surface area contributed by atoms with Gasteiger partial charge in [-0.15, -0.1) is 0 Å². The normalized spacial score (nSPS) is 17.7. The fourth-order valence-corrected chi connectivity index (χ4v) is 3.16. The van der Waals surface area contributed by atoms with Crippen LogP contribution in [0.15, 0.2) is 48.5 Å². The Hall–Kier alpha value is -2.47. The van der Waals surface area contributed by atoms with Gasteiger partial charge < -0.3 is 10.1 Å². The van der Waals surface area contributed by atoms with E-state index >= 15 is 0 Å². The number of nitrogens with one attached hydrogen (secondary N) is 1. The van der Waals surface area contributed by atoms with Crippen molar-refractivity contribution in [2.24, 2.45) is 0 Å². The number of amides is 1. The zero-order valence-electron chi connectivity index (χ0n) is 14.5. The molecule has 1 unspecified atom stereocenters. The van der Waals surface area contributed by atoms with Crippen LogP contribution < -0.4 is 10.1 Å².